The van der Waals surface area contributed by atoms with E-state index in [0.717, 1.165) is 31.8 Å². The molecular weight excluding hydrogens is 323 g/mol. The van der Waals surface area contributed by atoms with E-state index >= 15 is 0 Å². The number of para-hydroxylation sites is 1. The van der Waals surface area contributed by atoms with Crippen LogP contribution in [-0.4, -0.2) is 30.1 Å². The van der Waals surface area contributed by atoms with E-state index in [2.05, 4.69) is 18.7 Å². The van der Waals surface area contributed by atoms with Crippen molar-refractivity contribution < 1.29 is 37.4 Å². The van der Waals surface area contributed by atoms with Crippen molar-refractivity contribution in [2.45, 2.75) is 39.2 Å². The molecule has 0 saturated carbocycles. The molecule has 1 aliphatic heterocycles. The zero-order chi connectivity index (χ0) is 13.4. The van der Waals surface area contributed by atoms with Crippen molar-refractivity contribution in [3.05, 3.63) is 44.7 Å². The molecule has 0 bridgehead atoms. The Labute approximate surface area is 151 Å². The summed E-state index contributed by atoms with van der Waals surface area (Å²) < 4.78 is 6.11. The Morgan fingerprint density at radius 1 is 1.25 bits per heavy atom. The van der Waals surface area contributed by atoms with Gasteiger partial charge in [0.25, 0.3) is 0 Å². The van der Waals surface area contributed by atoms with E-state index < -0.39 is 0 Å². The minimum atomic E-state index is -0.0582. The SMILES string of the molecule is CC.[CH2-]CN1CCCC(C)(Oc2ccccc2)C1.[CH3-].[Y]. The summed E-state index contributed by atoms with van der Waals surface area (Å²) in [7, 11) is 0. The Balaban J connectivity index is 0. The topological polar surface area (TPSA) is 12.5 Å². The summed E-state index contributed by atoms with van der Waals surface area (Å²) in [6.45, 7) is 13.1. The number of hydrogen-bond donors (Lipinski definition) is 0. The second-order valence-electron chi connectivity index (χ2n) is 4.74. The molecule has 20 heavy (non-hydrogen) atoms. The third kappa shape index (κ3) is 7.20. The molecule has 1 unspecified atom stereocenters. The zero-order valence-electron chi connectivity index (χ0n) is 13.6. The normalized spacial score (nSPS) is 21.6. The third-order valence-corrected chi connectivity index (χ3v) is 3.16. The molecule has 1 radical (unpaired) electrons. The van der Waals surface area contributed by atoms with Crippen molar-refractivity contribution in [1.29, 1.82) is 0 Å². The monoisotopic (exact) mass is 352 g/mol. The Morgan fingerprint density at radius 3 is 2.40 bits per heavy atom. The fourth-order valence-electron chi connectivity index (χ4n) is 2.35. The molecule has 0 N–H and O–H groups in total. The Hall–Kier alpha value is 0.0839. The van der Waals surface area contributed by atoms with E-state index in [-0.39, 0.29) is 45.7 Å². The molecule has 2 rings (SSSR count). The van der Waals surface area contributed by atoms with E-state index in [4.69, 9.17) is 4.74 Å². The van der Waals surface area contributed by atoms with Gasteiger partial charge in [-0.15, -0.1) is 6.54 Å². The quantitative estimate of drug-likeness (QED) is 0.755. The van der Waals surface area contributed by atoms with Crippen LogP contribution in [0.15, 0.2) is 30.3 Å². The first-order valence-corrected chi connectivity index (χ1v) is 6.97. The van der Waals surface area contributed by atoms with E-state index in [1.165, 1.54) is 6.42 Å². The number of rotatable bonds is 3. The minimum Gasteiger partial charge on any atom is -0.486 e. The van der Waals surface area contributed by atoms with Gasteiger partial charge in [-0.3, -0.25) is 0 Å². The molecule has 0 aliphatic carbocycles. The summed E-state index contributed by atoms with van der Waals surface area (Å²) in [5.74, 6) is 0.968. The second kappa shape index (κ2) is 11.7. The number of hydrogen-bond acceptors (Lipinski definition) is 2. The van der Waals surface area contributed by atoms with Crippen LogP contribution in [-0.2, 0) is 32.7 Å². The molecule has 1 fully saturated rings. The van der Waals surface area contributed by atoms with Gasteiger partial charge in [-0.05, 0) is 38.4 Å². The maximum Gasteiger partial charge on any atom is 0.120 e. The van der Waals surface area contributed by atoms with Gasteiger partial charge in [0.15, 0.2) is 0 Å². The Morgan fingerprint density at radius 2 is 1.85 bits per heavy atom. The van der Waals surface area contributed by atoms with Crippen LogP contribution in [0.2, 0.25) is 0 Å². The molecule has 3 heteroatoms. The number of likely N-dealkylation sites (tertiary alicyclic amines) is 1. The van der Waals surface area contributed by atoms with Crippen LogP contribution in [0.1, 0.15) is 33.6 Å². The first-order chi connectivity index (χ1) is 8.72. The molecule has 0 amide bonds. The van der Waals surface area contributed by atoms with Crippen LogP contribution < -0.4 is 4.74 Å². The molecule has 1 aromatic rings. The first kappa shape index (κ1) is 22.4. The van der Waals surface area contributed by atoms with E-state index in [0.29, 0.717) is 0 Å². The van der Waals surface area contributed by atoms with Crippen LogP contribution in [0, 0.1) is 14.4 Å². The van der Waals surface area contributed by atoms with Gasteiger partial charge in [-0.25, -0.2) is 0 Å². The van der Waals surface area contributed by atoms with Crippen molar-refractivity contribution in [2.75, 3.05) is 19.6 Å². The van der Waals surface area contributed by atoms with Crippen LogP contribution in [0.4, 0.5) is 0 Å². The van der Waals surface area contributed by atoms with Crippen molar-refractivity contribution >= 4 is 0 Å². The van der Waals surface area contributed by atoms with Gasteiger partial charge in [0.05, 0.1) is 0 Å². The fourth-order valence-corrected chi connectivity index (χ4v) is 2.35. The van der Waals surface area contributed by atoms with Gasteiger partial charge in [0.2, 0.25) is 0 Å². The van der Waals surface area contributed by atoms with Crippen molar-refractivity contribution in [3.63, 3.8) is 0 Å². The van der Waals surface area contributed by atoms with Crippen molar-refractivity contribution in [1.82, 2.24) is 4.90 Å². The molecule has 1 aromatic carbocycles. The maximum absolute atomic E-state index is 6.11. The average Bonchev–Trinajstić information content (AvgIpc) is 2.41. The maximum atomic E-state index is 6.11. The number of piperidine rings is 1. The minimum absolute atomic E-state index is 0. The number of ether oxygens (including phenoxy) is 1. The van der Waals surface area contributed by atoms with Crippen molar-refractivity contribution in [3.8, 4) is 5.75 Å². The largest absolute Gasteiger partial charge is 0.486 e. The molecule has 0 spiro atoms. The van der Waals surface area contributed by atoms with Gasteiger partial charge < -0.3 is 24.0 Å². The van der Waals surface area contributed by atoms with Gasteiger partial charge in [-0.2, -0.15) is 0 Å². The summed E-state index contributed by atoms with van der Waals surface area (Å²) in [4.78, 5) is 2.35. The Kier molecular flexibility index (Phi) is 13.1. The summed E-state index contributed by atoms with van der Waals surface area (Å²) in [5.41, 5.74) is -0.0582. The summed E-state index contributed by atoms with van der Waals surface area (Å²) in [5, 5.41) is 0. The number of nitrogens with zero attached hydrogens (tertiary/aromatic N) is 1. The Bertz CT molecular complexity index is 331. The number of benzene rings is 1. The van der Waals surface area contributed by atoms with Crippen LogP contribution >= 0.6 is 0 Å². The van der Waals surface area contributed by atoms with E-state index in [1.807, 2.05) is 44.2 Å². The summed E-state index contributed by atoms with van der Waals surface area (Å²) in [6, 6.07) is 10.1. The van der Waals surface area contributed by atoms with Gasteiger partial charge in [0.1, 0.15) is 11.4 Å². The molecule has 1 atom stereocenters. The summed E-state index contributed by atoms with van der Waals surface area (Å²) >= 11 is 0. The molecular formula is C17H29NOY-2. The standard InChI is InChI=1S/C14H20NO.C2H6.CH3.Y/c1-3-15-11-7-10-14(2,12-15)16-13-8-5-4-6-9-13;1-2;;/h4-6,8-9H,1,3,7,10-12H2,2H3;1-2H3;1H3;/q-1;;-1;. The smallest absolute Gasteiger partial charge is 0.120 e. The second-order valence-corrected chi connectivity index (χ2v) is 4.74. The van der Waals surface area contributed by atoms with Crippen LogP contribution in [0.25, 0.3) is 0 Å². The third-order valence-electron chi connectivity index (χ3n) is 3.16. The molecule has 0 aromatic heterocycles. The van der Waals surface area contributed by atoms with Crippen LogP contribution in [0.5, 0.6) is 5.75 Å². The average molecular weight is 352 g/mol. The molecule has 2 nitrogen and oxygen atoms in total. The molecule has 113 valence electrons. The summed E-state index contributed by atoms with van der Waals surface area (Å²) in [6.07, 6.45) is 2.32. The van der Waals surface area contributed by atoms with Crippen LogP contribution in [0.3, 0.4) is 0 Å². The van der Waals surface area contributed by atoms with E-state index in [9.17, 15) is 0 Å². The van der Waals surface area contributed by atoms with Crippen molar-refractivity contribution in [2.24, 2.45) is 0 Å². The molecule has 1 aliphatic rings. The first-order valence-electron chi connectivity index (χ1n) is 6.97. The fraction of sp³-hybridized carbons (Fsp3) is 0.529. The predicted octanol–water partition coefficient (Wildman–Crippen LogP) is 4.23. The van der Waals surface area contributed by atoms with Gasteiger partial charge >= 0.3 is 0 Å². The molecule has 1 saturated heterocycles. The predicted molar refractivity (Wildman–Crippen MR) is 84.3 cm³/mol. The van der Waals surface area contributed by atoms with Gasteiger partial charge in [0, 0.05) is 39.3 Å². The zero-order valence-corrected chi connectivity index (χ0v) is 16.4. The molecule has 1 heterocycles. The van der Waals surface area contributed by atoms with Gasteiger partial charge in [-0.1, -0.05) is 32.0 Å². The van der Waals surface area contributed by atoms with E-state index in [1.54, 1.807) is 0 Å².